The van der Waals surface area contributed by atoms with Crippen LogP contribution >= 0.6 is 11.6 Å². The maximum Gasteiger partial charge on any atom is 0.259 e. The van der Waals surface area contributed by atoms with Crippen molar-refractivity contribution < 1.29 is 14.1 Å². The minimum absolute atomic E-state index is 0.0759. The van der Waals surface area contributed by atoms with Crippen LogP contribution in [0.15, 0.2) is 53.1 Å². The summed E-state index contributed by atoms with van der Waals surface area (Å²) in [5.41, 5.74) is 2.80. The lowest BCUT2D eigenvalue weighted by Crippen LogP contribution is -2.49. The predicted octanol–water partition coefficient (Wildman–Crippen LogP) is 4.27. The summed E-state index contributed by atoms with van der Waals surface area (Å²) in [5, 5.41) is 4.65. The number of hydrogen-bond donors (Lipinski definition) is 0. The van der Waals surface area contributed by atoms with E-state index in [1.807, 2.05) is 47.4 Å². The number of amides is 1. The fraction of sp³-hybridized carbons (Fsp3) is 0.273. The Bertz CT molecular complexity index is 1010. The van der Waals surface area contributed by atoms with E-state index in [1.54, 1.807) is 20.1 Å². The van der Waals surface area contributed by atoms with E-state index < -0.39 is 0 Å². The third-order valence-electron chi connectivity index (χ3n) is 5.21. The quantitative estimate of drug-likeness (QED) is 0.641. The van der Waals surface area contributed by atoms with E-state index >= 15 is 0 Å². The molecule has 150 valence electrons. The summed E-state index contributed by atoms with van der Waals surface area (Å²) in [6.07, 6.45) is 0. The molecule has 0 N–H and O–H groups in total. The van der Waals surface area contributed by atoms with Crippen LogP contribution in [0.4, 0.5) is 5.69 Å². The molecule has 3 aromatic rings. The number of hydrogen-bond acceptors (Lipinski definition) is 5. The van der Waals surface area contributed by atoms with E-state index in [0.717, 1.165) is 24.5 Å². The van der Waals surface area contributed by atoms with E-state index in [1.165, 1.54) is 0 Å². The van der Waals surface area contributed by atoms with Crippen LogP contribution in [-0.4, -0.2) is 49.3 Å². The van der Waals surface area contributed by atoms with Crippen LogP contribution in [0.3, 0.4) is 0 Å². The van der Waals surface area contributed by atoms with Gasteiger partial charge in [0.1, 0.15) is 22.8 Å². The number of ether oxygens (including phenoxy) is 1. The van der Waals surface area contributed by atoms with Crippen LogP contribution in [0.5, 0.6) is 5.75 Å². The van der Waals surface area contributed by atoms with Crippen molar-refractivity contribution >= 4 is 23.2 Å². The second kappa shape index (κ2) is 8.17. The molecule has 0 spiro atoms. The minimum atomic E-state index is -0.0759. The summed E-state index contributed by atoms with van der Waals surface area (Å²) < 4.78 is 10.6. The second-order valence-electron chi connectivity index (χ2n) is 6.92. The molecule has 29 heavy (non-hydrogen) atoms. The van der Waals surface area contributed by atoms with E-state index in [9.17, 15) is 4.79 Å². The molecule has 0 radical (unpaired) electrons. The number of aryl methyl sites for hydroxylation is 1. The Morgan fingerprint density at radius 3 is 2.41 bits per heavy atom. The molecular weight excluding hydrogens is 390 g/mol. The minimum Gasteiger partial charge on any atom is -0.497 e. The maximum atomic E-state index is 13.3. The van der Waals surface area contributed by atoms with Gasteiger partial charge in [-0.1, -0.05) is 35.0 Å². The first-order valence-corrected chi connectivity index (χ1v) is 9.85. The number of carbonyl (C=O) groups is 1. The maximum absolute atomic E-state index is 13.3. The molecule has 1 aromatic heterocycles. The fourth-order valence-corrected chi connectivity index (χ4v) is 3.81. The lowest BCUT2D eigenvalue weighted by molar-refractivity contribution is 0.0745. The van der Waals surface area contributed by atoms with E-state index in [-0.39, 0.29) is 5.91 Å². The van der Waals surface area contributed by atoms with Crippen molar-refractivity contribution in [2.24, 2.45) is 0 Å². The van der Waals surface area contributed by atoms with E-state index in [2.05, 4.69) is 10.1 Å². The third kappa shape index (κ3) is 3.80. The van der Waals surface area contributed by atoms with Gasteiger partial charge in [-0.15, -0.1) is 0 Å². The Labute approximate surface area is 174 Å². The Morgan fingerprint density at radius 1 is 1.07 bits per heavy atom. The largest absolute Gasteiger partial charge is 0.497 e. The predicted molar refractivity (Wildman–Crippen MR) is 113 cm³/mol. The first-order chi connectivity index (χ1) is 14.1. The third-order valence-corrected chi connectivity index (χ3v) is 5.54. The molecule has 1 aliphatic heterocycles. The highest BCUT2D eigenvalue weighted by atomic mass is 35.5. The zero-order chi connectivity index (χ0) is 20.4. The monoisotopic (exact) mass is 411 g/mol. The van der Waals surface area contributed by atoms with E-state index in [0.29, 0.717) is 40.7 Å². The smallest absolute Gasteiger partial charge is 0.259 e. The number of carbonyl (C=O) groups excluding carboxylic acids is 1. The summed E-state index contributed by atoms with van der Waals surface area (Å²) in [7, 11) is 1.66. The lowest BCUT2D eigenvalue weighted by atomic mass is 10.0. The Morgan fingerprint density at radius 2 is 1.76 bits per heavy atom. The first-order valence-electron chi connectivity index (χ1n) is 9.48. The van der Waals surface area contributed by atoms with Gasteiger partial charge in [0.05, 0.1) is 12.1 Å². The number of halogens is 1. The number of anilines is 1. The van der Waals surface area contributed by atoms with Gasteiger partial charge in [0.15, 0.2) is 0 Å². The fourth-order valence-electron chi connectivity index (χ4n) is 3.58. The summed E-state index contributed by atoms with van der Waals surface area (Å²) in [6, 6.07) is 15.3. The van der Waals surface area contributed by atoms with E-state index in [4.69, 9.17) is 20.9 Å². The summed E-state index contributed by atoms with van der Waals surface area (Å²) >= 11 is 6.32. The number of benzene rings is 2. The normalized spacial score (nSPS) is 14.2. The molecule has 7 heteroatoms. The van der Waals surface area contributed by atoms with Gasteiger partial charge in [-0.2, -0.15) is 0 Å². The number of rotatable bonds is 4. The highest BCUT2D eigenvalue weighted by molar-refractivity contribution is 6.33. The molecule has 0 saturated carbocycles. The van der Waals surface area contributed by atoms with Crippen LogP contribution in [0, 0.1) is 6.92 Å². The van der Waals surface area contributed by atoms with Crippen molar-refractivity contribution in [3.05, 3.63) is 64.9 Å². The molecule has 1 aliphatic rings. The standard InChI is InChI=1S/C22H22ClN3O3/c1-15-20(21(24-29-15)18-5-3-4-6-19(18)23)22(27)26-13-11-25(12-14-26)16-7-9-17(28-2)10-8-16/h3-10H,11-14H2,1-2H3. The van der Waals surface area contributed by atoms with Gasteiger partial charge >= 0.3 is 0 Å². The van der Waals surface area contributed by atoms with Crippen LogP contribution < -0.4 is 9.64 Å². The molecule has 0 unspecified atom stereocenters. The molecule has 0 atom stereocenters. The van der Waals surface area contributed by atoms with Crippen LogP contribution in [-0.2, 0) is 0 Å². The van der Waals surface area contributed by atoms with Crippen molar-refractivity contribution in [3.63, 3.8) is 0 Å². The summed E-state index contributed by atoms with van der Waals surface area (Å²) in [5.74, 6) is 1.26. The average molecular weight is 412 g/mol. The molecule has 1 saturated heterocycles. The first kappa shape index (κ1) is 19.3. The number of piperazine rings is 1. The molecule has 2 aromatic carbocycles. The van der Waals surface area contributed by atoms with Crippen molar-refractivity contribution in [2.45, 2.75) is 6.92 Å². The zero-order valence-corrected chi connectivity index (χ0v) is 17.1. The lowest BCUT2D eigenvalue weighted by Gasteiger charge is -2.36. The Hall–Kier alpha value is -2.99. The van der Waals surface area contributed by atoms with Gasteiger partial charge in [0, 0.05) is 37.4 Å². The van der Waals surface area contributed by atoms with Gasteiger partial charge in [-0.05, 0) is 37.3 Å². The van der Waals surface area contributed by atoms with Crippen molar-refractivity contribution in [1.82, 2.24) is 10.1 Å². The molecule has 4 rings (SSSR count). The van der Waals surface area contributed by atoms with Gasteiger partial charge < -0.3 is 19.1 Å². The van der Waals surface area contributed by atoms with Crippen molar-refractivity contribution in [2.75, 3.05) is 38.2 Å². The molecule has 0 bridgehead atoms. The molecule has 1 fully saturated rings. The number of nitrogens with zero attached hydrogens (tertiary/aromatic N) is 3. The Kier molecular flexibility index (Phi) is 5.45. The molecular formula is C22H22ClN3O3. The zero-order valence-electron chi connectivity index (χ0n) is 16.4. The Balaban J connectivity index is 1.50. The van der Waals surface area contributed by atoms with Crippen LogP contribution in [0.1, 0.15) is 16.1 Å². The highest BCUT2D eigenvalue weighted by Crippen LogP contribution is 2.32. The second-order valence-corrected chi connectivity index (χ2v) is 7.33. The molecule has 0 aliphatic carbocycles. The van der Waals surface area contributed by atoms with Crippen LogP contribution in [0.2, 0.25) is 5.02 Å². The van der Waals surface area contributed by atoms with Crippen LogP contribution in [0.25, 0.3) is 11.3 Å². The highest BCUT2D eigenvalue weighted by Gasteiger charge is 2.29. The number of aromatic nitrogens is 1. The summed E-state index contributed by atoms with van der Waals surface area (Å²) in [4.78, 5) is 17.4. The van der Waals surface area contributed by atoms with Gasteiger partial charge in [-0.3, -0.25) is 4.79 Å². The molecule has 1 amide bonds. The number of methoxy groups -OCH3 is 1. The van der Waals surface area contributed by atoms with Crippen molar-refractivity contribution in [3.8, 4) is 17.0 Å². The topological polar surface area (TPSA) is 58.8 Å². The van der Waals surface area contributed by atoms with Gasteiger partial charge in [0.25, 0.3) is 5.91 Å². The van der Waals surface area contributed by atoms with Crippen molar-refractivity contribution in [1.29, 1.82) is 0 Å². The average Bonchev–Trinajstić information content (AvgIpc) is 3.15. The molecule has 6 nitrogen and oxygen atoms in total. The van der Waals surface area contributed by atoms with Gasteiger partial charge in [0.2, 0.25) is 0 Å². The van der Waals surface area contributed by atoms with Gasteiger partial charge in [-0.25, -0.2) is 0 Å². The SMILES string of the molecule is COc1ccc(N2CCN(C(=O)c3c(-c4ccccc4Cl)noc3C)CC2)cc1. The molecule has 2 heterocycles. The summed E-state index contributed by atoms with van der Waals surface area (Å²) in [6.45, 7) is 4.51.